The Morgan fingerprint density at radius 2 is 0.927 bits per heavy atom. The molecule has 0 aliphatic carbocycles. The fourth-order valence-electron chi connectivity index (χ4n) is 5.59. The quantitative estimate of drug-likeness (QED) is 0.0848. The summed E-state index contributed by atoms with van der Waals surface area (Å²) >= 11 is 0. The van der Waals surface area contributed by atoms with Gasteiger partial charge in [0.25, 0.3) is 0 Å². The first-order valence-electron chi connectivity index (χ1n) is 18.3. The van der Waals surface area contributed by atoms with Crippen molar-refractivity contribution in [2.24, 2.45) is 0 Å². The van der Waals surface area contributed by atoms with Crippen LogP contribution in [0.4, 0.5) is 0 Å². The maximum absolute atomic E-state index is 6.30. The van der Waals surface area contributed by atoms with Crippen molar-refractivity contribution in [1.82, 2.24) is 5.32 Å². The van der Waals surface area contributed by atoms with E-state index in [4.69, 9.17) is 9.47 Å². The van der Waals surface area contributed by atoms with Crippen molar-refractivity contribution in [1.29, 1.82) is 0 Å². The molecule has 0 radical (unpaired) electrons. The zero-order valence-corrected chi connectivity index (χ0v) is 27.8. The Labute approximate surface area is 257 Å². The molecule has 3 heteroatoms. The van der Waals surface area contributed by atoms with Crippen LogP contribution in [0.2, 0.25) is 0 Å². The van der Waals surface area contributed by atoms with Gasteiger partial charge in [0.1, 0.15) is 0 Å². The molecule has 1 atom stereocenters. The van der Waals surface area contributed by atoms with Crippen LogP contribution in [0.1, 0.15) is 174 Å². The highest BCUT2D eigenvalue weighted by Gasteiger charge is 2.09. The second kappa shape index (κ2) is 32.0. The Morgan fingerprint density at radius 1 is 0.512 bits per heavy atom. The summed E-state index contributed by atoms with van der Waals surface area (Å²) in [7, 11) is 0. The zero-order valence-electron chi connectivity index (χ0n) is 27.8. The van der Waals surface area contributed by atoms with E-state index in [0.29, 0.717) is 6.61 Å². The highest BCUT2D eigenvalue weighted by Crippen LogP contribution is 2.13. The number of benzene rings is 1. The summed E-state index contributed by atoms with van der Waals surface area (Å²) in [4.78, 5) is 0. The first-order chi connectivity index (χ1) is 20.4. The molecule has 41 heavy (non-hydrogen) atoms. The number of rotatable bonds is 33. The Morgan fingerprint density at radius 3 is 1.39 bits per heavy atom. The van der Waals surface area contributed by atoms with E-state index < -0.39 is 0 Å². The Bertz CT molecular complexity index is 608. The summed E-state index contributed by atoms with van der Waals surface area (Å²) in [6.45, 7) is 8.76. The molecule has 1 aromatic rings. The molecule has 0 aliphatic heterocycles. The lowest BCUT2D eigenvalue weighted by Gasteiger charge is -2.19. The third-order valence-corrected chi connectivity index (χ3v) is 8.34. The van der Waals surface area contributed by atoms with Gasteiger partial charge in [-0.25, -0.2) is 0 Å². The van der Waals surface area contributed by atoms with Crippen molar-refractivity contribution in [3.63, 3.8) is 0 Å². The number of nitrogens with one attached hydrogen (secondary N) is 1. The van der Waals surface area contributed by atoms with Gasteiger partial charge in [-0.1, -0.05) is 185 Å². The van der Waals surface area contributed by atoms with Gasteiger partial charge in [0, 0.05) is 26.3 Å². The third kappa shape index (κ3) is 27.7. The van der Waals surface area contributed by atoms with Gasteiger partial charge >= 0.3 is 0 Å². The van der Waals surface area contributed by atoms with Gasteiger partial charge in [-0.15, -0.1) is 0 Å². The number of hydrogen-bond acceptors (Lipinski definition) is 3. The second-order valence-corrected chi connectivity index (χ2v) is 12.5. The van der Waals surface area contributed by atoms with Gasteiger partial charge in [-0.3, -0.25) is 0 Å². The predicted molar refractivity (Wildman–Crippen MR) is 181 cm³/mol. The lowest BCUT2D eigenvalue weighted by molar-refractivity contribution is -0.0177. The molecule has 3 nitrogen and oxygen atoms in total. The number of hydrogen-bond donors (Lipinski definition) is 1. The average molecular weight is 574 g/mol. The summed E-state index contributed by atoms with van der Waals surface area (Å²) in [6.07, 6.45) is 33.3. The first kappa shape index (κ1) is 38.1. The fraction of sp³-hybridized carbons (Fsp3) is 0.842. The molecule has 240 valence electrons. The highest BCUT2D eigenvalue weighted by molar-refractivity contribution is 5.14. The summed E-state index contributed by atoms with van der Waals surface area (Å²) in [5.74, 6) is 0. The number of ether oxygens (including phenoxy) is 2. The molecule has 1 N–H and O–H groups in total. The van der Waals surface area contributed by atoms with Gasteiger partial charge in [0.15, 0.2) is 0 Å². The molecule has 0 bridgehead atoms. The van der Waals surface area contributed by atoms with Crippen LogP contribution in [-0.4, -0.2) is 32.5 Å². The maximum atomic E-state index is 6.30. The monoisotopic (exact) mass is 574 g/mol. The summed E-state index contributed by atoms with van der Waals surface area (Å²) in [5, 5.41) is 3.59. The first-order valence-corrected chi connectivity index (χ1v) is 18.3. The summed E-state index contributed by atoms with van der Waals surface area (Å²) in [5.41, 5.74) is 1.32. The van der Waals surface area contributed by atoms with Crippen LogP contribution >= 0.6 is 0 Å². The Kier molecular flexibility index (Phi) is 29.8. The minimum absolute atomic E-state index is 0.142. The SMILES string of the molecule is CCCCCCCCCCCCCCOC[C@H](CNCc1ccccc1)OCCCCCCCCCCCCCC. The molecule has 1 rings (SSSR count). The molecule has 0 aromatic heterocycles. The van der Waals surface area contributed by atoms with Crippen molar-refractivity contribution in [3.05, 3.63) is 35.9 Å². The van der Waals surface area contributed by atoms with Crippen LogP contribution < -0.4 is 5.32 Å². The van der Waals surface area contributed by atoms with Crippen LogP contribution in [0, 0.1) is 0 Å². The van der Waals surface area contributed by atoms with Crippen LogP contribution in [0.5, 0.6) is 0 Å². The molecule has 0 saturated heterocycles. The fourth-order valence-corrected chi connectivity index (χ4v) is 5.59. The van der Waals surface area contributed by atoms with Gasteiger partial charge in [0.2, 0.25) is 0 Å². The summed E-state index contributed by atoms with van der Waals surface area (Å²) in [6, 6.07) is 10.7. The van der Waals surface area contributed by atoms with E-state index in [9.17, 15) is 0 Å². The van der Waals surface area contributed by atoms with Crippen LogP contribution in [0.15, 0.2) is 30.3 Å². The molecule has 1 aromatic carbocycles. The molecule has 0 heterocycles. The van der Waals surface area contributed by atoms with E-state index in [0.717, 1.165) is 26.3 Å². The van der Waals surface area contributed by atoms with Gasteiger partial charge in [-0.2, -0.15) is 0 Å². The topological polar surface area (TPSA) is 30.5 Å². The Hall–Kier alpha value is -0.900. The van der Waals surface area contributed by atoms with E-state index in [1.807, 2.05) is 0 Å². The molecule has 0 unspecified atom stereocenters. The maximum Gasteiger partial charge on any atom is 0.0932 e. The van der Waals surface area contributed by atoms with Crippen molar-refractivity contribution in [3.8, 4) is 0 Å². The zero-order chi connectivity index (χ0) is 29.3. The van der Waals surface area contributed by atoms with Gasteiger partial charge < -0.3 is 14.8 Å². The molecule has 0 saturated carbocycles. The normalized spacial score (nSPS) is 12.2. The smallest absolute Gasteiger partial charge is 0.0932 e. The molecule has 0 amide bonds. The minimum Gasteiger partial charge on any atom is -0.379 e. The predicted octanol–water partition coefficient (Wildman–Crippen LogP) is 11.6. The lowest BCUT2D eigenvalue weighted by Crippen LogP contribution is -2.33. The third-order valence-electron chi connectivity index (χ3n) is 8.34. The molecular weight excluding hydrogens is 502 g/mol. The van der Waals surface area contributed by atoms with E-state index in [2.05, 4.69) is 49.5 Å². The average Bonchev–Trinajstić information content (AvgIpc) is 2.99. The van der Waals surface area contributed by atoms with Crippen molar-refractivity contribution in [2.45, 2.75) is 181 Å². The Balaban J connectivity index is 2.06. The molecule has 0 fully saturated rings. The van der Waals surface area contributed by atoms with Crippen LogP contribution in [0.3, 0.4) is 0 Å². The standard InChI is InChI=1S/C38H71NO2/c1-3-5-7-9-11-13-15-17-19-21-23-28-32-40-36-38(35-39-34-37-30-26-25-27-31-37)41-33-29-24-22-20-18-16-14-12-10-8-6-4-2/h25-27,30-31,38-39H,3-24,28-29,32-36H2,1-2H3/t38-/m0/s1. The van der Waals surface area contributed by atoms with Crippen molar-refractivity contribution < 1.29 is 9.47 Å². The van der Waals surface area contributed by atoms with Gasteiger partial charge in [0.05, 0.1) is 12.7 Å². The second-order valence-electron chi connectivity index (χ2n) is 12.5. The van der Waals surface area contributed by atoms with E-state index in [1.165, 1.54) is 160 Å². The van der Waals surface area contributed by atoms with Crippen molar-refractivity contribution in [2.75, 3.05) is 26.4 Å². The summed E-state index contributed by atoms with van der Waals surface area (Å²) < 4.78 is 12.4. The largest absolute Gasteiger partial charge is 0.379 e. The minimum atomic E-state index is 0.142. The van der Waals surface area contributed by atoms with E-state index in [1.54, 1.807) is 0 Å². The van der Waals surface area contributed by atoms with Crippen molar-refractivity contribution >= 4 is 0 Å². The highest BCUT2D eigenvalue weighted by atomic mass is 16.5. The van der Waals surface area contributed by atoms with Gasteiger partial charge in [-0.05, 0) is 18.4 Å². The molecule has 0 spiro atoms. The van der Waals surface area contributed by atoms with E-state index >= 15 is 0 Å². The molecule has 0 aliphatic rings. The van der Waals surface area contributed by atoms with E-state index in [-0.39, 0.29) is 6.10 Å². The lowest BCUT2D eigenvalue weighted by atomic mass is 10.1. The molecular formula is C38H71NO2. The number of unbranched alkanes of at least 4 members (excludes halogenated alkanes) is 22. The van der Waals surface area contributed by atoms with Crippen LogP contribution in [-0.2, 0) is 16.0 Å². The van der Waals surface area contributed by atoms with Crippen LogP contribution in [0.25, 0.3) is 0 Å².